The van der Waals surface area contributed by atoms with Crippen LogP contribution in [0, 0.1) is 0 Å². The van der Waals surface area contributed by atoms with E-state index in [9.17, 15) is 22.4 Å². The molecule has 8 nitrogen and oxygen atoms in total. The molecule has 0 aliphatic heterocycles. The molecule has 0 unspecified atom stereocenters. The fraction of sp³-hybridized carbons (Fsp3) is 0.167. The van der Waals surface area contributed by atoms with Crippen LogP contribution in [-0.2, 0) is 7.05 Å². The summed E-state index contributed by atoms with van der Waals surface area (Å²) < 4.78 is 62.8. The Morgan fingerprint density at radius 2 is 1.78 bits per heavy atom. The van der Waals surface area contributed by atoms with Crippen molar-refractivity contribution in [3.8, 4) is 28.6 Å². The fourth-order valence-corrected chi connectivity index (χ4v) is 3.83. The molecule has 4 heterocycles. The van der Waals surface area contributed by atoms with Gasteiger partial charge in [0.05, 0.1) is 16.6 Å². The predicted octanol–water partition coefficient (Wildman–Crippen LogP) is 4.58. The Balaban J connectivity index is 1.70. The predicted molar refractivity (Wildman–Crippen MR) is 123 cm³/mol. The molecule has 4 aromatic heterocycles. The molecule has 0 fully saturated rings. The SMILES string of the molecule is Cn1cc2cc(-n3cc4ccc(OCC(F)F)nc4c(-c4ccc(OC(F)F)nc4)c3=O)ccc2n1. The van der Waals surface area contributed by atoms with Gasteiger partial charge in [-0.25, -0.2) is 18.7 Å². The molecule has 0 saturated heterocycles. The van der Waals surface area contributed by atoms with Crippen molar-refractivity contribution in [2.24, 2.45) is 7.05 Å². The second-order valence-corrected chi connectivity index (χ2v) is 7.78. The van der Waals surface area contributed by atoms with E-state index in [1.807, 2.05) is 6.20 Å². The van der Waals surface area contributed by atoms with Gasteiger partial charge < -0.3 is 9.47 Å². The largest absolute Gasteiger partial charge is 0.472 e. The van der Waals surface area contributed by atoms with Gasteiger partial charge >= 0.3 is 6.61 Å². The topological polar surface area (TPSA) is 84.1 Å². The third-order valence-corrected chi connectivity index (χ3v) is 5.31. The summed E-state index contributed by atoms with van der Waals surface area (Å²) in [6.45, 7) is -3.92. The van der Waals surface area contributed by atoms with Crippen molar-refractivity contribution in [1.82, 2.24) is 24.3 Å². The van der Waals surface area contributed by atoms with Crippen molar-refractivity contribution in [3.63, 3.8) is 0 Å². The fourth-order valence-electron chi connectivity index (χ4n) is 3.83. The maximum Gasteiger partial charge on any atom is 0.388 e. The second kappa shape index (κ2) is 9.29. The summed E-state index contributed by atoms with van der Waals surface area (Å²) in [5, 5.41) is 5.65. The molecule has 0 atom stereocenters. The number of halogens is 4. The van der Waals surface area contributed by atoms with Gasteiger partial charge in [0, 0.05) is 59.8 Å². The molecule has 0 spiro atoms. The summed E-state index contributed by atoms with van der Waals surface area (Å²) in [7, 11) is 1.79. The number of aryl methyl sites for hydroxylation is 1. The van der Waals surface area contributed by atoms with Crippen molar-refractivity contribution in [2.75, 3.05) is 6.61 Å². The third-order valence-electron chi connectivity index (χ3n) is 5.31. The van der Waals surface area contributed by atoms with Crippen LogP contribution < -0.4 is 15.0 Å². The molecule has 184 valence electrons. The molecule has 0 amide bonds. The Labute approximate surface area is 200 Å². The zero-order valence-electron chi connectivity index (χ0n) is 18.6. The van der Waals surface area contributed by atoms with Gasteiger partial charge in [-0.3, -0.25) is 14.0 Å². The highest BCUT2D eigenvalue weighted by atomic mass is 19.3. The first-order valence-corrected chi connectivity index (χ1v) is 10.6. The average Bonchev–Trinajstić information content (AvgIpc) is 3.22. The minimum absolute atomic E-state index is 0.0809. The first-order chi connectivity index (χ1) is 17.3. The van der Waals surface area contributed by atoms with Crippen LogP contribution in [0.3, 0.4) is 0 Å². The van der Waals surface area contributed by atoms with Crippen LogP contribution in [0.2, 0.25) is 0 Å². The van der Waals surface area contributed by atoms with Gasteiger partial charge in [-0.15, -0.1) is 0 Å². The number of fused-ring (bicyclic) bond motifs is 2. The first kappa shape index (κ1) is 23.3. The van der Waals surface area contributed by atoms with Gasteiger partial charge in [0.2, 0.25) is 11.8 Å². The summed E-state index contributed by atoms with van der Waals surface area (Å²) in [5.74, 6) is -0.422. The van der Waals surface area contributed by atoms with Crippen molar-refractivity contribution in [2.45, 2.75) is 13.0 Å². The Morgan fingerprint density at radius 3 is 2.50 bits per heavy atom. The van der Waals surface area contributed by atoms with Gasteiger partial charge in [-0.2, -0.15) is 13.9 Å². The lowest BCUT2D eigenvalue weighted by Crippen LogP contribution is -2.20. The van der Waals surface area contributed by atoms with E-state index in [0.29, 0.717) is 11.1 Å². The van der Waals surface area contributed by atoms with E-state index in [2.05, 4.69) is 19.8 Å². The van der Waals surface area contributed by atoms with E-state index in [1.54, 1.807) is 42.2 Å². The van der Waals surface area contributed by atoms with Crippen LogP contribution in [0.4, 0.5) is 17.6 Å². The maximum atomic E-state index is 13.7. The molecule has 0 saturated carbocycles. The number of rotatable bonds is 7. The molecular formula is C24H17F4N5O3. The van der Waals surface area contributed by atoms with Gasteiger partial charge in [-0.05, 0) is 30.3 Å². The van der Waals surface area contributed by atoms with Gasteiger partial charge in [-0.1, -0.05) is 0 Å². The number of benzene rings is 1. The summed E-state index contributed by atoms with van der Waals surface area (Å²) in [6, 6.07) is 10.9. The van der Waals surface area contributed by atoms with Crippen LogP contribution in [0.25, 0.3) is 38.6 Å². The molecular weight excluding hydrogens is 482 g/mol. The molecule has 0 N–H and O–H groups in total. The van der Waals surface area contributed by atoms with E-state index in [0.717, 1.165) is 10.9 Å². The lowest BCUT2D eigenvalue weighted by Gasteiger charge is -2.13. The normalized spacial score (nSPS) is 11.6. The molecule has 0 aliphatic rings. The minimum Gasteiger partial charge on any atom is -0.472 e. The number of alkyl halides is 4. The Bertz CT molecular complexity index is 1620. The van der Waals surface area contributed by atoms with Crippen LogP contribution in [0.15, 0.2) is 65.8 Å². The molecule has 5 aromatic rings. The minimum atomic E-state index is -3.06. The molecule has 36 heavy (non-hydrogen) atoms. The number of hydrogen-bond donors (Lipinski definition) is 0. The number of hydrogen-bond acceptors (Lipinski definition) is 6. The Kier molecular flexibility index (Phi) is 6.00. The zero-order valence-corrected chi connectivity index (χ0v) is 18.6. The molecule has 0 bridgehead atoms. The van der Waals surface area contributed by atoms with E-state index in [1.165, 1.54) is 29.0 Å². The maximum absolute atomic E-state index is 13.7. The zero-order chi connectivity index (χ0) is 25.4. The average molecular weight is 499 g/mol. The monoisotopic (exact) mass is 499 g/mol. The number of ether oxygens (including phenoxy) is 2. The summed E-state index contributed by atoms with van der Waals surface area (Å²) in [5.41, 5.74) is 1.33. The summed E-state index contributed by atoms with van der Waals surface area (Å²) >= 11 is 0. The van der Waals surface area contributed by atoms with E-state index in [4.69, 9.17) is 4.74 Å². The van der Waals surface area contributed by atoms with E-state index < -0.39 is 25.2 Å². The van der Waals surface area contributed by atoms with Crippen molar-refractivity contribution in [3.05, 3.63) is 71.4 Å². The van der Waals surface area contributed by atoms with Gasteiger partial charge in [0.15, 0.2) is 6.61 Å². The molecule has 12 heteroatoms. The van der Waals surface area contributed by atoms with Gasteiger partial charge in [0.25, 0.3) is 12.0 Å². The first-order valence-electron chi connectivity index (χ1n) is 10.6. The highest BCUT2D eigenvalue weighted by molar-refractivity contribution is 5.93. The highest BCUT2D eigenvalue weighted by Gasteiger charge is 2.18. The van der Waals surface area contributed by atoms with Crippen LogP contribution in [0.5, 0.6) is 11.8 Å². The van der Waals surface area contributed by atoms with Crippen molar-refractivity contribution in [1.29, 1.82) is 0 Å². The molecule has 0 radical (unpaired) electrons. The Morgan fingerprint density at radius 1 is 0.972 bits per heavy atom. The molecule has 0 aliphatic carbocycles. The van der Waals surface area contributed by atoms with E-state index in [-0.39, 0.29) is 28.4 Å². The molecule has 1 aromatic carbocycles. The smallest absolute Gasteiger partial charge is 0.388 e. The van der Waals surface area contributed by atoms with Crippen molar-refractivity contribution >= 4 is 21.8 Å². The quantitative estimate of drug-likeness (QED) is 0.305. The Hall–Kier alpha value is -4.48. The number of aromatic nitrogens is 5. The standard InChI is InChI=1S/C24H17F4N5O3/c1-32-10-15-8-16(4-5-17(15)31-32)33-11-14-3-7-20(35-12-18(25)26)30-22(14)21(23(33)34)13-2-6-19(29-9-13)36-24(27)28/h2-11,18,24H,12H2,1H3. The van der Waals surface area contributed by atoms with Gasteiger partial charge in [0.1, 0.15) is 0 Å². The van der Waals surface area contributed by atoms with E-state index >= 15 is 0 Å². The summed E-state index contributed by atoms with van der Waals surface area (Å²) in [6.07, 6.45) is 1.89. The number of pyridine rings is 3. The highest BCUT2D eigenvalue weighted by Crippen LogP contribution is 2.28. The van der Waals surface area contributed by atoms with Crippen LogP contribution in [-0.4, -0.2) is 44.0 Å². The van der Waals surface area contributed by atoms with Crippen LogP contribution >= 0.6 is 0 Å². The third kappa shape index (κ3) is 4.57. The summed E-state index contributed by atoms with van der Waals surface area (Å²) in [4.78, 5) is 21.9. The van der Waals surface area contributed by atoms with Crippen molar-refractivity contribution < 1.29 is 27.0 Å². The lowest BCUT2D eigenvalue weighted by molar-refractivity contribution is -0.0528. The lowest BCUT2D eigenvalue weighted by atomic mass is 10.1. The number of nitrogens with zero attached hydrogens (tertiary/aromatic N) is 5. The van der Waals surface area contributed by atoms with Crippen LogP contribution in [0.1, 0.15) is 0 Å². The second-order valence-electron chi connectivity index (χ2n) is 7.78. The molecule has 5 rings (SSSR count).